The van der Waals surface area contributed by atoms with Crippen molar-refractivity contribution in [1.82, 2.24) is 0 Å². The number of aliphatic hydroxyl groups is 2. The molecule has 2 aliphatic rings. The Kier molecular flexibility index (Phi) is 7.73. The van der Waals surface area contributed by atoms with E-state index in [1.165, 1.54) is 24.3 Å². The summed E-state index contributed by atoms with van der Waals surface area (Å²) in [5.41, 5.74) is -1.15. The minimum absolute atomic E-state index is 0.00971. The van der Waals surface area contributed by atoms with Gasteiger partial charge in [-0.2, -0.15) is 0 Å². The first-order chi connectivity index (χ1) is 16.9. The van der Waals surface area contributed by atoms with Gasteiger partial charge in [-0.25, -0.2) is 17.2 Å². The molecule has 2 aliphatic carbocycles. The first-order valence-corrected chi connectivity index (χ1v) is 13.6. The van der Waals surface area contributed by atoms with Crippen LogP contribution in [0.5, 0.6) is 0 Å². The number of nitrogens with one attached hydrogen (secondary N) is 1. The van der Waals surface area contributed by atoms with Gasteiger partial charge in [-0.15, -0.1) is 0 Å². The lowest BCUT2D eigenvalue weighted by Crippen LogP contribution is -2.51. The molecule has 2 fully saturated rings. The summed E-state index contributed by atoms with van der Waals surface area (Å²) in [5.74, 6) is -3.47. The van der Waals surface area contributed by atoms with Crippen LogP contribution >= 0.6 is 11.6 Å². The molecule has 2 aromatic carbocycles. The van der Waals surface area contributed by atoms with Gasteiger partial charge >= 0.3 is 0 Å². The smallest absolute Gasteiger partial charge is 0.255 e. The molecule has 0 spiro atoms. The second-order valence-corrected chi connectivity index (χ2v) is 12.3. The maximum absolute atomic E-state index is 13.6. The van der Waals surface area contributed by atoms with E-state index in [2.05, 4.69) is 5.32 Å². The van der Waals surface area contributed by atoms with Gasteiger partial charge < -0.3 is 20.3 Å². The molecule has 3 atom stereocenters. The van der Waals surface area contributed by atoms with Gasteiger partial charge in [0.05, 0.1) is 40.1 Å². The van der Waals surface area contributed by atoms with E-state index in [0.29, 0.717) is 12.8 Å². The number of anilines is 1. The number of fused-ring (bicyclic) bond motifs is 2. The van der Waals surface area contributed by atoms with Crippen molar-refractivity contribution in [2.24, 2.45) is 11.8 Å². The quantitative estimate of drug-likeness (QED) is 0.464. The molecule has 2 aromatic rings. The fourth-order valence-corrected chi connectivity index (χ4v) is 7.71. The van der Waals surface area contributed by atoms with E-state index in [0.717, 1.165) is 12.1 Å². The number of amides is 1. The Labute approximate surface area is 213 Å². The van der Waals surface area contributed by atoms with Crippen LogP contribution in [0.25, 0.3) is 0 Å². The van der Waals surface area contributed by atoms with E-state index in [1.807, 2.05) is 0 Å². The number of rotatable bonds is 8. The van der Waals surface area contributed by atoms with E-state index in [4.69, 9.17) is 16.3 Å². The summed E-state index contributed by atoms with van der Waals surface area (Å²) in [7, 11) is -3.96. The molecule has 2 saturated carbocycles. The Morgan fingerprint density at radius 2 is 1.83 bits per heavy atom. The first kappa shape index (κ1) is 26.9. The predicted octanol–water partition coefficient (Wildman–Crippen LogP) is 3.96. The second kappa shape index (κ2) is 10.3. The van der Waals surface area contributed by atoms with Gasteiger partial charge in [-0.05, 0) is 74.8 Å². The van der Waals surface area contributed by atoms with Gasteiger partial charge in [0.2, 0.25) is 0 Å². The van der Waals surface area contributed by atoms with Crippen molar-refractivity contribution in [2.45, 2.75) is 54.5 Å². The molecule has 2 unspecified atom stereocenters. The maximum Gasteiger partial charge on any atom is 0.255 e. The molecule has 4 rings (SSSR count). The lowest BCUT2D eigenvalue weighted by molar-refractivity contribution is -0.121. The molecule has 2 bridgehead atoms. The van der Waals surface area contributed by atoms with Crippen LogP contribution in [0.4, 0.5) is 14.5 Å². The molecule has 36 heavy (non-hydrogen) atoms. The number of aliphatic hydroxyl groups excluding tert-OH is 1. The molecule has 196 valence electrons. The number of ether oxygens (including phenoxy) is 1. The van der Waals surface area contributed by atoms with Gasteiger partial charge in [0.25, 0.3) is 5.91 Å². The van der Waals surface area contributed by atoms with E-state index < -0.39 is 44.3 Å². The van der Waals surface area contributed by atoms with E-state index >= 15 is 0 Å². The molecular weight excluding hydrogens is 516 g/mol. The third kappa shape index (κ3) is 5.28. The number of carbonyl (C=O) groups excluding carboxylic acids is 1. The molecule has 0 aromatic heterocycles. The standard InChI is InChI=1S/C25H28ClF2NO6S/c1-14(30)12-35-13-25(32)16-3-4-17(25)10-19(9-16)36(33,34)23-8-15(2-6-20(23)26)24(31)29-18-5-7-21(27)22(28)11-18/h2,5-8,11,14,16-17,19,30,32H,3-4,9-10,12-13H2,1H3,(H,29,31)/t14-,16?,17?,19?,25?/m1/s1. The van der Waals surface area contributed by atoms with Gasteiger partial charge in [0, 0.05) is 17.3 Å². The minimum atomic E-state index is -3.96. The van der Waals surface area contributed by atoms with Crippen LogP contribution in [0.15, 0.2) is 41.3 Å². The molecule has 0 heterocycles. The van der Waals surface area contributed by atoms with Crippen molar-refractivity contribution < 1.29 is 36.9 Å². The molecule has 0 aliphatic heterocycles. The summed E-state index contributed by atoms with van der Waals surface area (Å²) in [6.07, 6.45) is 1.09. The van der Waals surface area contributed by atoms with Crippen molar-refractivity contribution in [3.05, 3.63) is 58.6 Å². The van der Waals surface area contributed by atoms with Gasteiger partial charge in [0.1, 0.15) is 0 Å². The monoisotopic (exact) mass is 543 g/mol. The molecule has 0 radical (unpaired) electrons. The zero-order valence-electron chi connectivity index (χ0n) is 19.6. The second-order valence-electron chi connectivity index (χ2n) is 9.69. The maximum atomic E-state index is 13.6. The largest absolute Gasteiger partial charge is 0.391 e. The van der Waals surface area contributed by atoms with Crippen LogP contribution in [0.3, 0.4) is 0 Å². The number of hydrogen-bond acceptors (Lipinski definition) is 6. The Morgan fingerprint density at radius 1 is 1.17 bits per heavy atom. The Bertz CT molecular complexity index is 1240. The van der Waals surface area contributed by atoms with Gasteiger partial charge in [-0.1, -0.05) is 11.6 Å². The molecule has 7 nitrogen and oxygen atoms in total. The minimum Gasteiger partial charge on any atom is -0.391 e. The van der Waals surface area contributed by atoms with Crippen molar-refractivity contribution in [3.8, 4) is 0 Å². The number of halogens is 3. The molecular formula is C25H28ClF2NO6S. The van der Waals surface area contributed by atoms with Crippen molar-refractivity contribution in [2.75, 3.05) is 18.5 Å². The van der Waals surface area contributed by atoms with Crippen LogP contribution in [0.1, 0.15) is 43.0 Å². The van der Waals surface area contributed by atoms with E-state index in [9.17, 15) is 32.2 Å². The lowest BCUT2D eigenvalue weighted by atomic mass is 9.75. The van der Waals surface area contributed by atoms with Crippen LogP contribution < -0.4 is 5.32 Å². The highest BCUT2D eigenvalue weighted by Crippen LogP contribution is 2.52. The zero-order chi connectivity index (χ0) is 26.3. The molecule has 3 N–H and O–H groups in total. The Hall–Kier alpha value is -2.11. The van der Waals surface area contributed by atoms with Crippen LogP contribution in [-0.2, 0) is 14.6 Å². The summed E-state index contributed by atoms with van der Waals surface area (Å²) in [5, 5.41) is 22.3. The summed E-state index contributed by atoms with van der Waals surface area (Å²) < 4.78 is 59.3. The highest BCUT2D eigenvalue weighted by molar-refractivity contribution is 7.92. The first-order valence-electron chi connectivity index (χ1n) is 11.7. The van der Waals surface area contributed by atoms with Crippen molar-refractivity contribution in [1.29, 1.82) is 0 Å². The average Bonchev–Trinajstić information content (AvgIpc) is 2.98. The number of sulfone groups is 1. The molecule has 1 amide bonds. The third-order valence-corrected chi connectivity index (χ3v) is 9.84. The SMILES string of the molecule is C[C@@H](O)COCC1(O)C2CCC1CC(S(=O)(=O)c1cc(C(=O)Nc3ccc(F)c(F)c3)ccc1Cl)C2. The summed E-state index contributed by atoms with van der Waals surface area (Å²) in [6.45, 7) is 1.69. The summed E-state index contributed by atoms with van der Waals surface area (Å²) >= 11 is 6.25. The highest BCUT2D eigenvalue weighted by atomic mass is 35.5. The third-order valence-electron chi connectivity index (χ3n) is 7.18. The molecule has 0 saturated heterocycles. The fourth-order valence-electron chi connectivity index (χ4n) is 5.31. The van der Waals surface area contributed by atoms with Crippen molar-refractivity contribution in [3.63, 3.8) is 0 Å². The fraction of sp³-hybridized carbons (Fsp3) is 0.480. The number of carbonyl (C=O) groups is 1. The Morgan fingerprint density at radius 3 is 2.44 bits per heavy atom. The highest BCUT2D eigenvalue weighted by Gasteiger charge is 2.55. The van der Waals surface area contributed by atoms with Gasteiger partial charge in [-0.3, -0.25) is 4.79 Å². The van der Waals surface area contributed by atoms with E-state index in [-0.39, 0.29) is 59.1 Å². The number of hydrogen-bond donors (Lipinski definition) is 3. The zero-order valence-corrected chi connectivity index (χ0v) is 21.2. The molecule has 11 heteroatoms. The Balaban J connectivity index is 1.53. The summed E-state index contributed by atoms with van der Waals surface area (Å²) in [4.78, 5) is 12.5. The topological polar surface area (TPSA) is 113 Å². The van der Waals surface area contributed by atoms with Gasteiger partial charge in [0.15, 0.2) is 21.5 Å². The van der Waals surface area contributed by atoms with Crippen LogP contribution in [0.2, 0.25) is 5.02 Å². The number of benzene rings is 2. The summed E-state index contributed by atoms with van der Waals surface area (Å²) in [6, 6.07) is 6.72. The van der Waals surface area contributed by atoms with Crippen molar-refractivity contribution >= 4 is 33.0 Å². The van der Waals surface area contributed by atoms with E-state index in [1.54, 1.807) is 6.92 Å². The normalized spacial score (nSPS) is 26.6. The van der Waals surface area contributed by atoms with Crippen LogP contribution in [0, 0.1) is 23.5 Å². The average molecular weight is 544 g/mol. The predicted molar refractivity (Wildman–Crippen MR) is 130 cm³/mol. The lowest BCUT2D eigenvalue weighted by Gasteiger charge is -2.42. The van der Waals surface area contributed by atoms with Crippen LogP contribution in [-0.4, -0.2) is 54.7 Å².